The highest BCUT2D eigenvalue weighted by atomic mass is 14.9. The first-order chi connectivity index (χ1) is 5.65. The molecule has 0 unspecified atom stereocenters. The standard InChI is InChI=1S/C9H17N3/c1-6(2)9-11-7(3)8(12-9)4-5-10/h6H,4-5,10H2,1-3H3,(H,11,12). The number of hydrogen-bond donors (Lipinski definition) is 2. The molecule has 0 fully saturated rings. The second kappa shape index (κ2) is 3.72. The lowest BCUT2D eigenvalue weighted by Crippen LogP contribution is -2.04. The largest absolute Gasteiger partial charge is 0.346 e. The van der Waals surface area contributed by atoms with E-state index in [0.29, 0.717) is 12.5 Å². The van der Waals surface area contributed by atoms with Crippen LogP contribution in [0.3, 0.4) is 0 Å². The van der Waals surface area contributed by atoms with E-state index in [1.165, 1.54) is 0 Å². The SMILES string of the molecule is Cc1[nH]c(C(C)C)nc1CCN. The molecule has 68 valence electrons. The van der Waals surface area contributed by atoms with E-state index in [4.69, 9.17) is 5.73 Å². The Labute approximate surface area is 73.4 Å². The highest BCUT2D eigenvalue weighted by Crippen LogP contribution is 2.13. The maximum absolute atomic E-state index is 5.46. The molecule has 1 rings (SSSR count). The molecule has 0 saturated carbocycles. The van der Waals surface area contributed by atoms with Crippen LogP contribution in [-0.4, -0.2) is 16.5 Å². The molecule has 0 aliphatic carbocycles. The molecule has 3 nitrogen and oxygen atoms in total. The molecule has 0 radical (unpaired) electrons. The molecule has 3 heteroatoms. The lowest BCUT2D eigenvalue weighted by atomic mass is 10.2. The van der Waals surface area contributed by atoms with Crippen molar-refractivity contribution >= 4 is 0 Å². The van der Waals surface area contributed by atoms with Crippen LogP contribution in [0.4, 0.5) is 0 Å². The predicted octanol–water partition coefficient (Wildman–Crippen LogP) is 1.34. The maximum atomic E-state index is 5.46. The van der Waals surface area contributed by atoms with E-state index < -0.39 is 0 Å². The Morgan fingerprint density at radius 3 is 2.58 bits per heavy atom. The topological polar surface area (TPSA) is 54.7 Å². The van der Waals surface area contributed by atoms with Crippen molar-refractivity contribution < 1.29 is 0 Å². The second-order valence-electron chi connectivity index (χ2n) is 3.39. The smallest absolute Gasteiger partial charge is 0.109 e. The van der Waals surface area contributed by atoms with Gasteiger partial charge in [0.15, 0.2) is 0 Å². The van der Waals surface area contributed by atoms with E-state index in [-0.39, 0.29) is 0 Å². The third-order valence-electron chi connectivity index (χ3n) is 1.93. The molecule has 12 heavy (non-hydrogen) atoms. The molecule has 0 atom stereocenters. The Morgan fingerprint density at radius 2 is 2.17 bits per heavy atom. The zero-order valence-corrected chi connectivity index (χ0v) is 8.02. The Balaban J connectivity index is 2.85. The maximum Gasteiger partial charge on any atom is 0.109 e. The predicted molar refractivity (Wildman–Crippen MR) is 50.2 cm³/mol. The number of nitrogens with one attached hydrogen (secondary N) is 1. The Morgan fingerprint density at radius 1 is 1.50 bits per heavy atom. The summed E-state index contributed by atoms with van der Waals surface area (Å²) in [5.41, 5.74) is 7.73. The van der Waals surface area contributed by atoms with Gasteiger partial charge in [0.05, 0.1) is 5.69 Å². The van der Waals surface area contributed by atoms with Gasteiger partial charge in [0, 0.05) is 18.0 Å². The Kier molecular flexibility index (Phi) is 2.87. The summed E-state index contributed by atoms with van der Waals surface area (Å²) >= 11 is 0. The normalized spacial score (nSPS) is 11.1. The van der Waals surface area contributed by atoms with Crippen LogP contribution in [-0.2, 0) is 6.42 Å². The fraction of sp³-hybridized carbons (Fsp3) is 0.667. The van der Waals surface area contributed by atoms with Gasteiger partial charge in [-0.25, -0.2) is 4.98 Å². The highest BCUT2D eigenvalue weighted by molar-refractivity contribution is 5.14. The van der Waals surface area contributed by atoms with Crippen LogP contribution in [0.1, 0.15) is 37.0 Å². The van der Waals surface area contributed by atoms with Crippen molar-refractivity contribution in [1.29, 1.82) is 0 Å². The first-order valence-electron chi connectivity index (χ1n) is 4.40. The van der Waals surface area contributed by atoms with Crippen LogP contribution in [0.5, 0.6) is 0 Å². The molecule has 0 aliphatic heterocycles. The van der Waals surface area contributed by atoms with Gasteiger partial charge in [0.2, 0.25) is 0 Å². The van der Waals surface area contributed by atoms with Gasteiger partial charge in [-0.2, -0.15) is 0 Å². The highest BCUT2D eigenvalue weighted by Gasteiger charge is 2.07. The zero-order valence-electron chi connectivity index (χ0n) is 8.02. The second-order valence-corrected chi connectivity index (χ2v) is 3.39. The number of H-pyrrole nitrogens is 1. The summed E-state index contributed by atoms with van der Waals surface area (Å²) < 4.78 is 0. The molecule has 1 aromatic rings. The van der Waals surface area contributed by atoms with Crippen LogP contribution in [0.2, 0.25) is 0 Å². The Bertz CT molecular complexity index is 250. The minimum atomic E-state index is 0.468. The van der Waals surface area contributed by atoms with Gasteiger partial charge in [0.1, 0.15) is 5.82 Å². The minimum Gasteiger partial charge on any atom is -0.346 e. The van der Waals surface area contributed by atoms with Crippen LogP contribution >= 0.6 is 0 Å². The third-order valence-corrected chi connectivity index (χ3v) is 1.93. The van der Waals surface area contributed by atoms with Gasteiger partial charge >= 0.3 is 0 Å². The quantitative estimate of drug-likeness (QED) is 0.713. The van der Waals surface area contributed by atoms with Crippen LogP contribution in [0, 0.1) is 6.92 Å². The van der Waals surface area contributed by atoms with Crippen molar-refractivity contribution in [2.24, 2.45) is 5.73 Å². The van der Waals surface area contributed by atoms with Crippen molar-refractivity contribution in [3.05, 3.63) is 17.2 Å². The summed E-state index contributed by atoms with van der Waals surface area (Å²) in [5.74, 6) is 1.53. The number of rotatable bonds is 3. The van der Waals surface area contributed by atoms with Gasteiger partial charge in [-0.1, -0.05) is 13.8 Å². The molecule has 0 bridgehead atoms. The molecule has 1 aromatic heterocycles. The molecule has 1 heterocycles. The minimum absolute atomic E-state index is 0.468. The van der Waals surface area contributed by atoms with Crippen LogP contribution in [0.15, 0.2) is 0 Å². The number of imidazole rings is 1. The molecule has 0 amide bonds. The molecule has 0 aliphatic rings. The number of aryl methyl sites for hydroxylation is 1. The van der Waals surface area contributed by atoms with Gasteiger partial charge in [0.25, 0.3) is 0 Å². The fourth-order valence-corrected chi connectivity index (χ4v) is 1.18. The van der Waals surface area contributed by atoms with Crippen molar-refractivity contribution in [2.75, 3.05) is 6.54 Å². The van der Waals surface area contributed by atoms with Crippen molar-refractivity contribution in [3.8, 4) is 0 Å². The third kappa shape index (κ3) is 1.85. The van der Waals surface area contributed by atoms with Crippen molar-refractivity contribution in [2.45, 2.75) is 33.1 Å². The van der Waals surface area contributed by atoms with Crippen LogP contribution < -0.4 is 5.73 Å². The number of nitrogens with two attached hydrogens (primary N) is 1. The van der Waals surface area contributed by atoms with Crippen molar-refractivity contribution in [1.82, 2.24) is 9.97 Å². The molecule has 0 spiro atoms. The van der Waals surface area contributed by atoms with Crippen LogP contribution in [0.25, 0.3) is 0 Å². The van der Waals surface area contributed by atoms with E-state index in [0.717, 1.165) is 23.6 Å². The zero-order chi connectivity index (χ0) is 9.14. The monoisotopic (exact) mass is 167 g/mol. The molecule has 3 N–H and O–H groups in total. The van der Waals surface area contributed by atoms with E-state index in [2.05, 4.69) is 23.8 Å². The number of aromatic amines is 1. The summed E-state index contributed by atoms with van der Waals surface area (Å²) in [6.45, 7) is 6.97. The van der Waals surface area contributed by atoms with Crippen molar-refractivity contribution in [3.63, 3.8) is 0 Å². The summed E-state index contributed by atoms with van der Waals surface area (Å²) in [5, 5.41) is 0. The molecular formula is C9H17N3. The van der Waals surface area contributed by atoms with E-state index in [1.54, 1.807) is 0 Å². The summed E-state index contributed by atoms with van der Waals surface area (Å²) in [6.07, 6.45) is 0.870. The lowest BCUT2D eigenvalue weighted by Gasteiger charge is -1.96. The Hall–Kier alpha value is -0.830. The van der Waals surface area contributed by atoms with Gasteiger partial charge in [-0.05, 0) is 13.5 Å². The number of aromatic nitrogens is 2. The summed E-state index contributed by atoms with van der Waals surface area (Å²) in [7, 11) is 0. The molecular weight excluding hydrogens is 150 g/mol. The number of nitrogens with zero attached hydrogens (tertiary/aromatic N) is 1. The average Bonchev–Trinajstić information content (AvgIpc) is 2.34. The average molecular weight is 167 g/mol. The summed E-state index contributed by atoms with van der Waals surface area (Å²) in [4.78, 5) is 7.73. The first-order valence-corrected chi connectivity index (χ1v) is 4.40. The van der Waals surface area contributed by atoms with E-state index >= 15 is 0 Å². The molecule has 0 saturated heterocycles. The van der Waals surface area contributed by atoms with E-state index in [1.807, 2.05) is 6.92 Å². The van der Waals surface area contributed by atoms with Gasteiger partial charge < -0.3 is 10.7 Å². The lowest BCUT2D eigenvalue weighted by molar-refractivity contribution is 0.785. The van der Waals surface area contributed by atoms with Gasteiger partial charge in [-0.15, -0.1) is 0 Å². The first kappa shape index (κ1) is 9.26. The number of hydrogen-bond acceptors (Lipinski definition) is 2. The molecule has 0 aromatic carbocycles. The van der Waals surface area contributed by atoms with Gasteiger partial charge in [-0.3, -0.25) is 0 Å². The fourth-order valence-electron chi connectivity index (χ4n) is 1.18. The summed E-state index contributed by atoms with van der Waals surface area (Å²) in [6, 6.07) is 0. The van der Waals surface area contributed by atoms with E-state index in [9.17, 15) is 0 Å².